The van der Waals surface area contributed by atoms with Crippen LogP contribution in [0.15, 0.2) is 42.6 Å². The summed E-state index contributed by atoms with van der Waals surface area (Å²) in [6.07, 6.45) is 8.38. The lowest BCUT2D eigenvalue weighted by Gasteiger charge is -2.40. The summed E-state index contributed by atoms with van der Waals surface area (Å²) in [5.74, 6) is 1.83. The van der Waals surface area contributed by atoms with Gasteiger partial charge < -0.3 is 19.9 Å². The molecule has 160 valence electrons. The first-order chi connectivity index (χ1) is 14.7. The van der Waals surface area contributed by atoms with Gasteiger partial charge in [-0.3, -0.25) is 0 Å². The molecule has 0 radical (unpaired) electrons. The molecule has 0 spiro atoms. The van der Waals surface area contributed by atoms with Gasteiger partial charge in [0.2, 0.25) is 11.8 Å². The molecule has 4 rings (SSSR count). The Bertz CT molecular complexity index is 823. The van der Waals surface area contributed by atoms with Crippen LogP contribution in [0.4, 0.5) is 16.4 Å². The van der Waals surface area contributed by atoms with Crippen LogP contribution < -0.4 is 15.0 Å². The fraction of sp³-hybridized carbons (Fsp3) is 0.522. The van der Waals surface area contributed by atoms with Crippen molar-refractivity contribution in [1.29, 1.82) is 0 Å². The summed E-state index contributed by atoms with van der Waals surface area (Å²) < 4.78 is 5.24. The molecule has 1 aromatic heterocycles. The van der Waals surface area contributed by atoms with Gasteiger partial charge >= 0.3 is 6.03 Å². The molecule has 0 bridgehead atoms. The Kier molecular flexibility index (Phi) is 6.67. The molecule has 1 N–H and O–H groups in total. The Morgan fingerprint density at radius 1 is 1.03 bits per heavy atom. The quantitative estimate of drug-likeness (QED) is 0.820. The lowest BCUT2D eigenvalue weighted by atomic mass is 9.86. The number of likely N-dealkylation sites (tertiary alicyclic amines) is 1. The second-order valence-corrected chi connectivity index (χ2v) is 8.13. The monoisotopic (exact) mass is 409 g/mol. The van der Waals surface area contributed by atoms with E-state index in [-0.39, 0.29) is 6.03 Å². The van der Waals surface area contributed by atoms with Crippen molar-refractivity contribution in [3.63, 3.8) is 0 Å². The van der Waals surface area contributed by atoms with Crippen LogP contribution in [0.2, 0.25) is 0 Å². The van der Waals surface area contributed by atoms with Crippen LogP contribution in [0.5, 0.6) is 5.88 Å². The van der Waals surface area contributed by atoms with E-state index in [2.05, 4.69) is 25.1 Å². The normalized spacial score (nSPS) is 20.5. The number of carbonyl (C=O) groups excluding carboxylic acids is 1. The summed E-state index contributed by atoms with van der Waals surface area (Å²) in [4.78, 5) is 26.3. The lowest BCUT2D eigenvalue weighted by molar-refractivity contribution is 0.146. The van der Waals surface area contributed by atoms with Gasteiger partial charge in [-0.05, 0) is 43.7 Å². The van der Waals surface area contributed by atoms with E-state index in [0.29, 0.717) is 17.8 Å². The van der Waals surface area contributed by atoms with Crippen molar-refractivity contribution in [2.75, 3.05) is 37.0 Å². The van der Waals surface area contributed by atoms with Crippen LogP contribution in [0, 0.1) is 5.92 Å². The summed E-state index contributed by atoms with van der Waals surface area (Å²) in [7, 11) is 1.62. The van der Waals surface area contributed by atoms with Crippen LogP contribution in [0.25, 0.3) is 0 Å². The van der Waals surface area contributed by atoms with E-state index in [1.165, 1.54) is 12.8 Å². The number of benzene rings is 1. The third-order valence-electron chi connectivity index (χ3n) is 6.28. The van der Waals surface area contributed by atoms with Crippen molar-refractivity contribution in [2.24, 2.45) is 5.92 Å². The molecule has 3 heterocycles. The van der Waals surface area contributed by atoms with Crippen molar-refractivity contribution in [1.82, 2.24) is 14.9 Å². The number of hydrogen-bond donors (Lipinski definition) is 1. The molecule has 2 fully saturated rings. The highest BCUT2D eigenvalue weighted by Crippen LogP contribution is 2.31. The minimum atomic E-state index is 0.0339. The van der Waals surface area contributed by atoms with Crippen molar-refractivity contribution in [3.8, 4) is 5.88 Å². The van der Waals surface area contributed by atoms with Crippen molar-refractivity contribution < 1.29 is 9.53 Å². The molecule has 2 amide bonds. The predicted octanol–water partition coefficient (Wildman–Crippen LogP) is 4.18. The standard InChI is InChI=1S/C23H31N5O2/c1-30-21-11-14-24-22(26-21)27-16-12-18(13-17-27)20-10-6-3-7-15-28(20)23(29)25-19-8-4-2-5-9-19/h2,4-5,8-9,11,14,18,20H,3,6-7,10,12-13,15-17H2,1H3,(H,25,29)/t20-/m1/s1. The van der Waals surface area contributed by atoms with Crippen LogP contribution in [0.3, 0.4) is 0 Å². The Balaban J connectivity index is 1.41. The largest absolute Gasteiger partial charge is 0.481 e. The number of piperidine rings is 1. The highest BCUT2D eigenvalue weighted by Gasteiger charge is 2.34. The maximum Gasteiger partial charge on any atom is 0.322 e. The number of aromatic nitrogens is 2. The van der Waals surface area contributed by atoms with E-state index in [1.54, 1.807) is 19.4 Å². The molecule has 30 heavy (non-hydrogen) atoms. The molecule has 7 heteroatoms. The number of nitrogens with zero attached hydrogens (tertiary/aromatic N) is 4. The minimum absolute atomic E-state index is 0.0339. The third kappa shape index (κ3) is 4.83. The third-order valence-corrected chi connectivity index (χ3v) is 6.28. The maximum atomic E-state index is 13.1. The van der Waals surface area contributed by atoms with Crippen LogP contribution >= 0.6 is 0 Å². The van der Waals surface area contributed by atoms with Gasteiger partial charge in [-0.2, -0.15) is 4.98 Å². The van der Waals surface area contributed by atoms with Gasteiger partial charge in [-0.15, -0.1) is 0 Å². The number of anilines is 2. The van der Waals surface area contributed by atoms with E-state index in [0.717, 1.165) is 57.0 Å². The Morgan fingerprint density at radius 2 is 1.83 bits per heavy atom. The first kappa shape index (κ1) is 20.4. The summed E-state index contributed by atoms with van der Waals surface area (Å²) in [6.45, 7) is 2.65. The highest BCUT2D eigenvalue weighted by molar-refractivity contribution is 5.89. The molecule has 2 aliphatic heterocycles. The molecule has 1 atom stereocenters. The van der Waals surface area contributed by atoms with Gasteiger partial charge in [0.05, 0.1) is 7.11 Å². The smallest absolute Gasteiger partial charge is 0.322 e. The molecular weight excluding hydrogens is 378 g/mol. The molecule has 1 aromatic carbocycles. The number of urea groups is 1. The van der Waals surface area contributed by atoms with Gasteiger partial charge in [-0.25, -0.2) is 9.78 Å². The van der Waals surface area contributed by atoms with Gasteiger partial charge in [-0.1, -0.05) is 31.0 Å². The molecular formula is C23H31N5O2. The van der Waals surface area contributed by atoms with E-state index in [9.17, 15) is 4.79 Å². The van der Waals surface area contributed by atoms with Gasteiger partial charge in [0.25, 0.3) is 0 Å². The molecule has 0 unspecified atom stereocenters. The van der Waals surface area contributed by atoms with Crippen molar-refractivity contribution in [2.45, 2.75) is 44.6 Å². The Hall–Kier alpha value is -2.83. The number of ether oxygens (including phenoxy) is 1. The number of hydrogen-bond acceptors (Lipinski definition) is 5. The van der Waals surface area contributed by atoms with Crippen LogP contribution in [0.1, 0.15) is 38.5 Å². The van der Waals surface area contributed by atoms with Gasteiger partial charge in [0.1, 0.15) is 0 Å². The molecule has 7 nitrogen and oxygen atoms in total. The van der Waals surface area contributed by atoms with Gasteiger partial charge in [0.15, 0.2) is 0 Å². The zero-order chi connectivity index (χ0) is 20.8. The molecule has 0 saturated carbocycles. The first-order valence-electron chi connectivity index (χ1n) is 11.0. The second-order valence-electron chi connectivity index (χ2n) is 8.13. The zero-order valence-corrected chi connectivity index (χ0v) is 17.7. The molecule has 0 aliphatic carbocycles. The van der Waals surface area contributed by atoms with E-state index in [4.69, 9.17) is 4.74 Å². The Morgan fingerprint density at radius 3 is 2.60 bits per heavy atom. The fourth-order valence-corrected chi connectivity index (χ4v) is 4.68. The van der Waals surface area contributed by atoms with Crippen LogP contribution in [-0.2, 0) is 0 Å². The average molecular weight is 410 g/mol. The summed E-state index contributed by atoms with van der Waals surface area (Å²) in [5.41, 5.74) is 0.857. The first-order valence-corrected chi connectivity index (χ1v) is 11.0. The number of amides is 2. The summed E-state index contributed by atoms with van der Waals surface area (Å²) in [5, 5.41) is 3.10. The Labute approximate surface area is 178 Å². The number of carbonyl (C=O) groups is 1. The number of rotatable bonds is 4. The predicted molar refractivity (Wildman–Crippen MR) is 118 cm³/mol. The molecule has 2 aromatic rings. The molecule has 2 saturated heterocycles. The SMILES string of the molecule is COc1ccnc(N2CCC([C@H]3CCCCCN3C(=O)Nc3ccccc3)CC2)n1. The van der Waals surface area contributed by atoms with E-state index < -0.39 is 0 Å². The van der Waals surface area contributed by atoms with E-state index >= 15 is 0 Å². The molecule has 2 aliphatic rings. The van der Waals surface area contributed by atoms with Crippen molar-refractivity contribution >= 4 is 17.7 Å². The number of methoxy groups -OCH3 is 1. The lowest BCUT2D eigenvalue weighted by Crippen LogP contribution is -2.49. The fourth-order valence-electron chi connectivity index (χ4n) is 4.68. The van der Waals surface area contributed by atoms with Gasteiger partial charge in [0, 0.05) is 43.6 Å². The second kappa shape index (κ2) is 9.78. The van der Waals surface area contributed by atoms with Crippen molar-refractivity contribution in [3.05, 3.63) is 42.6 Å². The highest BCUT2D eigenvalue weighted by atomic mass is 16.5. The zero-order valence-electron chi connectivity index (χ0n) is 17.7. The van der Waals surface area contributed by atoms with E-state index in [1.807, 2.05) is 30.3 Å². The average Bonchev–Trinajstić information content (AvgIpc) is 3.06. The minimum Gasteiger partial charge on any atom is -0.481 e. The summed E-state index contributed by atoms with van der Waals surface area (Å²) in [6, 6.07) is 11.8. The topological polar surface area (TPSA) is 70.6 Å². The van der Waals surface area contributed by atoms with Crippen LogP contribution in [-0.4, -0.2) is 53.7 Å². The number of para-hydroxylation sites is 1. The summed E-state index contributed by atoms with van der Waals surface area (Å²) >= 11 is 0. The number of nitrogens with one attached hydrogen (secondary N) is 1. The maximum absolute atomic E-state index is 13.1.